The number of nitrogens with one attached hydrogen (secondary N) is 1. The number of unbranched alkanes of at least 4 members (excludes halogenated alkanes) is 1. The van der Waals surface area contributed by atoms with Gasteiger partial charge in [0.05, 0.1) is 0 Å². The fourth-order valence-corrected chi connectivity index (χ4v) is 2.96. The van der Waals surface area contributed by atoms with Crippen LogP contribution in [0.2, 0.25) is 0 Å². The molecule has 1 aliphatic rings. The van der Waals surface area contributed by atoms with Crippen LogP contribution in [-0.4, -0.2) is 42.1 Å². The number of carbonyl (C=O) groups is 1. The van der Waals surface area contributed by atoms with Crippen molar-refractivity contribution in [3.05, 3.63) is 35.6 Å². The second-order valence-corrected chi connectivity index (χ2v) is 6.21. The molecule has 2 N–H and O–H groups in total. The number of aliphatic hydroxyl groups excluding tert-OH is 1. The van der Waals surface area contributed by atoms with E-state index in [-0.39, 0.29) is 5.56 Å². The Morgan fingerprint density at radius 1 is 1.22 bits per heavy atom. The highest BCUT2D eigenvalue weighted by molar-refractivity contribution is 5.81. The van der Waals surface area contributed by atoms with E-state index in [4.69, 9.17) is 0 Å². The van der Waals surface area contributed by atoms with Gasteiger partial charge in [-0.05, 0) is 63.0 Å². The molecule has 4 nitrogen and oxygen atoms in total. The van der Waals surface area contributed by atoms with E-state index >= 15 is 0 Å². The average molecular weight is 322 g/mol. The molecule has 0 radical (unpaired) electrons. The quantitative estimate of drug-likeness (QED) is 0.759. The molecule has 1 aliphatic heterocycles. The van der Waals surface area contributed by atoms with Gasteiger partial charge in [0.2, 0.25) is 0 Å². The van der Waals surface area contributed by atoms with Crippen molar-refractivity contribution in [2.75, 3.05) is 26.2 Å². The van der Waals surface area contributed by atoms with Gasteiger partial charge in [0.25, 0.3) is 5.91 Å². The van der Waals surface area contributed by atoms with Crippen molar-refractivity contribution in [3.63, 3.8) is 0 Å². The van der Waals surface area contributed by atoms with Gasteiger partial charge in [-0.25, -0.2) is 4.39 Å². The summed E-state index contributed by atoms with van der Waals surface area (Å²) in [5.74, 6) is -0.919. The largest absolute Gasteiger partial charge is 0.378 e. The molecule has 2 rings (SSSR count). The molecule has 0 spiro atoms. The summed E-state index contributed by atoms with van der Waals surface area (Å²) in [5, 5.41) is 12.6. The van der Waals surface area contributed by atoms with Crippen LogP contribution < -0.4 is 5.32 Å². The Bertz CT molecular complexity index is 488. The van der Waals surface area contributed by atoms with Crippen LogP contribution in [0.4, 0.5) is 4.39 Å². The maximum absolute atomic E-state index is 13.1. The lowest BCUT2D eigenvalue weighted by Gasteiger charge is -2.19. The minimum Gasteiger partial charge on any atom is -0.378 e. The molecule has 0 aliphatic carbocycles. The van der Waals surface area contributed by atoms with Crippen LogP contribution in [0.5, 0.6) is 0 Å². The van der Waals surface area contributed by atoms with Crippen LogP contribution in [0.25, 0.3) is 0 Å². The van der Waals surface area contributed by atoms with Crippen molar-refractivity contribution in [2.45, 2.75) is 44.6 Å². The molecule has 1 aromatic carbocycles. The van der Waals surface area contributed by atoms with Crippen LogP contribution in [0.1, 0.15) is 50.2 Å². The molecule has 1 atom stereocenters. The van der Waals surface area contributed by atoms with Crippen molar-refractivity contribution < 1.29 is 14.3 Å². The number of hydrogen-bond donors (Lipinski definition) is 2. The maximum atomic E-state index is 13.1. The predicted octanol–water partition coefficient (Wildman–Crippen LogP) is 2.63. The summed E-state index contributed by atoms with van der Waals surface area (Å²) < 4.78 is 13.1. The molecule has 1 unspecified atom stereocenters. The summed E-state index contributed by atoms with van der Waals surface area (Å²) >= 11 is 0. The Hall–Kier alpha value is -1.46. The summed E-state index contributed by atoms with van der Waals surface area (Å²) in [6.45, 7) is 3.98. The van der Waals surface area contributed by atoms with Crippen molar-refractivity contribution in [1.82, 2.24) is 10.2 Å². The second-order valence-electron chi connectivity index (χ2n) is 6.21. The second kappa shape index (κ2) is 9.63. The number of benzene rings is 1. The summed E-state index contributed by atoms with van der Waals surface area (Å²) in [7, 11) is 0. The first-order valence-corrected chi connectivity index (χ1v) is 8.60. The van der Waals surface area contributed by atoms with Gasteiger partial charge in [-0.2, -0.15) is 0 Å². The molecular formula is C18H27FN2O2. The molecule has 1 aromatic rings. The molecule has 128 valence electrons. The van der Waals surface area contributed by atoms with E-state index in [1.807, 2.05) is 0 Å². The molecule has 1 heterocycles. The van der Waals surface area contributed by atoms with E-state index in [1.165, 1.54) is 57.0 Å². The van der Waals surface area contributed by atoms with Gasteiger partial charge in [-0.1, -0.05) is 25.0 Å². The molecular weight excluding hydrogens is 295 g/mol. The minimum atomic E-state index is -1.31. The van der Waals surface area contributed by atoms with E-state index < -0.39 is 17.8 Å². The fraction of sp³-hybridized carbons (Fsp3) is 0.611. The minimum absolute atomic E-state index is 0.284. The number of nitrogens with zero attached hydrogens (tertiary/aromatic N) is 1. The number of hydrogen-bond acceptors (Lipinski definition) is 3. The van der Waals surface area contributed by atoms with Gasteiger partial charge in [-0.3, -0.25) is 4.79 Å². The SMILES string of the molecule is O=C(NCCCCN1CCCCCC1)C(O)c1cccc(F)c1. The van der Waals surface area contributed by atoms with Gasteiger partial charge in [-0.15, -0.1) is 0 Å². The average Bonchev–Trinajstić information content (AvgIpc) is 2.82. The zero-order valence-corrected chi connectivity index (χ0v) is 13.6. The van der Waals surface area contributed by atoms with E-state index in [0.717, 1.165) is 19.4 Å². The van der Waals surface area contributed by atoms with Crippen molar-refractivity contribution >= 4 is 5.91 Å². The third-order valence-electron chi connectivity index (χ3n) is 4.31. The van der Waals surface area contributed by atoms with Gasteiger partial charge < -0.3 is 15.3 Å². The topological polar surface area (TPSA) is 52.6 Å². The van der Waals surface area contributed by atoms with E-state index in [1.54, 1.807) is 6.07 Å². The smallest absolute Gasteiger partial charge is 0.253 e. The molecule has 5 heteroatoms. The van der Waals surface area contributed by atoms with Crippen LogP contribution >= 0.6 is 0 Å². The summed E-state index contributed by atoms with van der Waals surface area (Å²) in [6.07, 6.45) is 5.87. The molecule has 1 saturated heterocycles. The lowest BCUT2D eigenvalue weighted by molar-refractivity contribution is -0.129. The van der Waals surface area contributed by atoms with Crippen molar-refractivity contribution in [3.8, 4) is 0 Å². The Kier molecular flexibility index (Phi) is 7.49. The van der Waals surface area contributed by atoms with Gasteiger partial charge in [0.1, 0.15) is 5.82 Å². The standard InChI is InChI=1S/C18H27FN2O2/c19-16-9-7-8-15(14-16)17(22)18(23)20-10-3-6-13-21-11-4-1-2-5-12-21/h7-9,14,17,22H,1-6,10-13H2,(H,20,23). The van der Waals surface area contributed by atoms with Crippen LogP contribution in [-0.2, 0) is 4.79 Å². The van der Waals surface area contributed by atoms with E-state index in [9.17, 15) is 14.3 Å². The highest BCUT2D eigenvalue weighted by Gasteiger charge is 2.17. The highest BCUT2D eigenvalue weighted by Crippen LogP contribution is 2.14. The summed E-state index contributed by atoms with van der Waals surface area (Å²) in [5.41, 5.74) is 0.284. The van der Waals surface area contributed by atoms with Gasteiger partial charge >= 0.3 is 0 Å². The third-order valence-corrected chi connectivity index (χ3v) is 4.31. The first-order chi connectivity index (χ1) is 11.2. The van der Waals surface area contributed by atoms with Crippen LogP contribution in [0.15, 0.2) is 24.3 Å². The van der Waals surface area contributed by atoms with E-state index in [2.05, 4.69) is 10.2 Å². The van der Waals surface area contributed by atoms with Gasteiger partial charge in [0, 0.05) is 6.54 Å². The summed E-state index contributed by atoms with van der Waals surface area (Å²) in [6, 6.07) is 5.51. The fourth-order valence-electron chi connectivity index (χ4n) is 2.96. The van der Waals surface area contributed by atoms with Gasteiger partial charge in [0.15, 0.2) is 6.10 Å². The molecule has 23 heavy (non-hydrogen) atoms. The molecule has 0 bridgehead atoms. The number of aliphatic hydroxyl groups is 1. The predicted molar refractivity (Wildman–Crippen MR) is 88.5 cm³/mol. The molecule has 0 aromatic heterocycles. The maximum Gasteiger partial charge on any atom is 0.253 e. The zero-order chi connectivity index (χ0) is 16.5. The Morgan fingerprint density at radius 3 is 2.65 bits per heavy atom. The number of halogens is 1. The molecule has 1 fully saturated rings. The normalized spacial score (nSPS) is 17.5. The lowest BCUT2D eigenvalue weighted by atomic mass is 10.1. The third kappa shape index (κ3) is 6.28. The molecule has 1 amide bonds. The number of rotatable bonds is 7. The first-order valence-electron chi connectivity index (χ1n) is 8.60. The number of amides is 1. The molecule has 0 saturated carbocycles. The Balaban J connectivity index is 1.62. The zero-order valence-electron chi connectivity index (χ0n) is 13.6. The number of carbonyl (C=O) groups excluding carboxylic acids is 1. The van der Waals surface area contributed by atoms with E-state index in [0.29, 0.717) is 6.54 Å². The number of likely N-dealkylation sites (tertiary alicyclic amines) is 1. The lowest BCUT2D eigenvalue weighted by Crippen LogP contribution is -2.31. The monoisotopic (exact) mass is 322 g/mol. The first kappa shape index (κ1) is 17.9. The van der Waals surface area contributed by atoms with Crippen molar-refractivity contribution in [2.24, 2.45) is 0 Å². The van der Waals surface area contributed by atoms with Crippen molar-refractivity contribution in [1.29, 1.82) is 0 Å². The van der Waals surface area contributed by atoms with Crippen LogP contribution in [0, 0.1) is 5.82 Å². The Morgan fingerprint density at radius 2 is 1.96 bits per heavy atom. The highest BCUT2D eigenvalue weighted by atomic mass is 19.1. The van der Waals surface area contributed by atoms with Crippen LogP contribution in [0.3, 0.4) is 0 Å². The Labute approximate surface area is 137 Å². The summed E-state index contributed by atoms with van der Waals surface area (Å²) in [4.78, 5) is 14.4.